The minimum absolute atomic E-state index is 0.0402. The Kier molecular flexibility index (Phi) is 3.04. The first-order valence-electron chi connectivity index (χ1n) is 7.62. The fourth-order valence-electron chi connectivity index (χ4n) is 3.81. The molecule has 2 heterocycles. The maximum atomic E-state index is 13.0. The van der Waals surface area contributed by atoms with E-state index in [4.69, 9.17) is 9.47 Å². The second kappa shape index (κ2) is 4.81. The van der Waals surface area contributed by atoms with E-state index in [9.17, 15) is 19.8 Å². The number of esters is 1. The van der Waals surface area contributed by atoms with Crippen LogP contribution in [-0.4, -0.2) is 53.0 Å². The van der Waals surface area contributed by atoms with E-state index in [1.807, 2.05) is 0 Å². The second-order valence-corrected chi connectivity index (χ2v) is 6.16. The summed E-state index contributed by atoms with van der Waals surface area (Å²) in [6.45, 7) is 1.67. The van der Waals surface area contributed by atoms with Crippen LogP contribution in [0.2, 0.25) is 0 Å². The van der Waals surface area contributed by atoms with Crippen LogP contribution in [0, 0.1) is 0 Å². The van der Waals surface area contributed by atoms with Gasteiger partial charge in [0.15, 0.2) is 5.60 Å². The molecule has 0 unspecified atom stereocenters. The van der Waals surface area contributed by atoms with Crippen LogP contribution in [0.4, 0.5) is 0 Å². The first kappa shape index (κ1) is 15.2. The van der Waals surface area contributed by atoms with E-state index in [2.05, 4.69) is 4.74 Å². The number of ether oxygens (including phenoxy) is 3. The van der Waals surface area contributed by atoms with Crippen LogP contribution in [0.3, 0.4) is 0 Å². The van der Waals surface area contributed by atoms with Crippen LogP contribution >= 0.6 is 0 Å². The van der Waals surface area contributed by atoms with Crippen molar-refractivity contribution in [1.82, 2.24) is 0 Å². The molecule has 1 spiro atoms. The third kappa shape index (κ3) is 1.73. The number of aliphatic hydroxyl groups is 1. The molecule has 3 aliphatic rings. The summed E-state index contributed by atoms with van der Waals surface area (Å²) in [5.74, 6) is -1.18. The van der Waals surface area contributed by atoms with Crippen LogP contribution in [0.15, 0.2) is 23.8 Å². The number of epoxide rings is 1. The molecule has 4 atom stereocenters. The van der Waals surface area contributed by atoms with Gasteiger partial charge in [0, 0.05) is 11.1 Å². The lowest BCUT2D eigenvalue weighted by atomic mass is 9.74. The van der Waals surface area contributed by atoms with Crippen molar-refractivity contribution in [3.05, 3.63) is 34.9 Å². The molecule has 7 heteroatoms. The molecule has 0 aromatic heterocycles. The minimum atomic E-state index is -1.32. The number of carbonyl (C=O) groups is 2. The Morgan fingerprint density at radius 1 is 1.38 bits per heavy atom. The summed E-state index contributed by atoms with van der Waals surface area (Å²) in [5, 5.41) is 20.7. The van der Waals surface area contributed by atoms with E-state index in [0.717, 1.165) is 0 Å². The Morgan fingerprint density at radius 2 is 2.12 bits per heavy atom. The van der Waals surface area contributed by atoms with Crippen LogP contribution in [0.1, 0.15) is 29.3 Å². The highest BCUT2D eigenvalue weighted by molar-refractivity contribution is 6.14. The highest BCUT2D eigenvalue weighted by atomic mass is 16.7. The molecule has 1 aromatic carbocycles. The molecule has 4 rings (SSSR count). The van der Waals surface area contributed by atoms with Gasteiger partial charge in [-0.25, -0.2) is 0 Å². The number of aliphatic hydroxyl groups excluding tert-OH is 1. The third-order valence-corrected chi connectivity index (χ3v) is 4.89. The lowest BCUT2D eigenvalue weighted by Crippen LogP contribution is -2.48. The number of carbonyl (C=O) groups excluding carboxylic acids is 2. The number of phenolic OH excluding ortho intramolecular Hbond substituents is 1. The molecule has 1 aromatic rings. The van der Waals surface area contributed by atoms with Crippen LogP contribution in [0.5, 0.6) is 5.75 Å². The predicted molar refractivity (Wildman–Crippen MR) is 80.6 cm³/mol. The summed E-state index contributed by atoms with van der Waals surface area (Å²) >= 11 is 0. The lowest BCUT2D eigenvalue weighted by Gasteiger charge is -2.35. The van der Waals surface area contributed by atoms with Gasteiger partial charge in [-0.05, 0) is 13.0 Å². The summed E-state index contributed by atoms with van der Waals surface area (Å²) in [7, 11) is 1.28. The monoisotopic (exact) mass is 332 g/mol. The zero-order valence-corrected chi connectivity index (χ0v) is 13.1. The van der Waals surface area contributed by atoms with Crippen molar-refractivity contribution in [2.45, 2.75) is 37.3 Å². The standard InChI is InChI=1S/C17H16O7/c1-7-13-14(20)12-8(4-3-5-9(12)18)15(21)17(13)16(24-17)10(23-7)6-11(19)22-2/h3-5,7,10,16,18,20H,6H2,1-2H3/t7-,10+,16-,17+/m1/s1. The highest BCUT2D eigenvalue weighted by Crippen LogP contribution is 2.58. The molecule has 0 radical (unpaired) electrons. The number of Topliss-reactive ketones (excluding diaryl/α,β-unsaturated/α-hetero) is 1. The van der Waals surface area contributed by atoms with Gasteiger partial charge in [0.2, 0.25) is 5.78 Å². The smallest absolute Gasteiger partial charge is 0.308 e. The average Bonchev–Trinajstić information content (AvgIpc) is 3.28. The zero-order chi connectivity index (χ0) is 17.2. The summed E-state index contributed by atoms with van der Waals surface area (Å²) in [6, 6.07) is 4.47. The number of methoxy groups -OCH3 is 1. The van der Waals surface area contributed by atoms with E-state index >= 15 is 0 Å². The van der Waals surface area contributed by atoms with E-state index in [-0.39, 0.29) is 34.8 Å². The van der Waals surface area contributed by atoms with E-state index in [0.29, 0.717) is 5.57 Å². The second-order valence-electron chi connectivity index (χ2n) is 6.16. The van der Waals surface area contributed by atoms with Crippen molar-refractivity contribution in [1.29, 1.82) is 0 Å². The van der Waals surface area contributed by atoms with Gasteiger partial charge in [0.05, 0.1) is 31.3 Å². The molecule has 24 heavy (non-hydrogen) atoms. The molecule has 2 N–H and O–H groups in total. The number of rotatable bonds is 2. The van der Waals surface area contributed by atoms with Gasteiger partial charge in [-0.1, -0.05) is 12.1 Å². The van der Waals surface area contributed by atoms with Crippen LogP contribution < -0.4 is 0 Å². The van der Waals surface area contributed by atoms with Gasteiger partial charge in [-0.15, -0.1) is 0 Å². The number of benzene rings is 1. The normalized spacial score (nSPS) is 33.4. The van der Waals surface area contributed by atoms with Crippen LogP contribution in [-0.2, 0) is 19.0 Å². The Bertz CT molecular complexity index is 796. The van der Waals surface area contributed by atoms with Gasteiger partial charge < -0.3 is 24.4 Å². The molecule has 7 nitrogen and oxygen atoms in total. The van der Waals surface area contributed by atoms with Gasteiger partial charge in [0.25, 0.3) is 0 Å². The summed E-state index contributed by atoms with van der Waals surface area (Å²) in [5.41, 5.74) is -0.724. The first-order valence-corrected chi connectivity index (χ1v) is 7.62. The number of hydrogen-bond donors (Lipinski definition) is 2. The number of hydrogen-bond acceptors (Lipinski definition) is 7. The Morgan fingerprint density at radius 3 is 2.83 bits per heavy atom. The summed E-state index contributed by atoms with van der Waals surface area (Å²) in [6.07, 6.45) is -1.98. The molecule has 126 valence electrons. The minimum Gasteiger partial charge on any atom is -0.507 e. The predicted octanol–water partition coefficient (Wildman–Crippen LogP) is 1.35. The van der Waals surface area contributed by atoms with Gasteiger partial charge in [-0.3, -0.25) is 9.59 Å². The largest absolute Gasteiger partial charge is 0.507 e. The molecule has 2 aliphatic heterocycles. The molecule has 2 saturated heterocycles. The third-order valence-electron chi connectivity index (χ3n) is 4.89. The highest BCUT2D eigenvalue weighted by Gasteiger charge is 2.74. The van der Waals surface area contributed by atoms with Crippen LogP contribution in [0.25, 0.3) is 5.76 Å². The van der Waals surface area contributed by atoms with E-state index < -0.39 is 29.9 Å². The molecule has 0 amide bonds. The lowest BCUT2D eigenvalue weighted by molar-refractivity contribution is -0.145. The Balaban J connectivity index is 1.82. The van der Waals surface area contributed by atoms with Crippen molar-refractivity contribution in [2.24, 2.45) is 0 Å². The quantitative estimate of drug-likeness (QED) is 0.622. The fourth-order valence-corrected chi connectivity index (χ4v) is 3.81. The number of fused-ring (bicyclic) bond motifs is 1. The Hall–Kier alpha value is -2.38. The number of phenols is 1. The molecular weight excluding hydrogens is 316 g/mol. The van der Waals surface area contributed by atoms with Gasteiger partial charge >= 0.3 is 5.97 Å². The van der Waals surface area contributed by atoms with Gasteiger partial charge in [0.1, 0.15) is 17.6 Å². The van der Waals surface area contributed by atoms with Crippen molar-refractivity contribution in [3.63, 3.8) is 0 Å². The molecule has 0 saturated carbocycles. The number of aromatic hydroxyl groups is 1. The number of ketones is 1. The van der Waals surface area contributed by atoms with Crippen molar-refractivity contribution >= 4 is 17.5 Å². The van der Waals surface area contributed by atoms with E-state index in [1.54, 1.807) is 6.92 Å². The molecule has 2 fully saturated rings. The van der Waals surface area contributed by atoms with Crippen molar-refractivity contribution in [2.75, 3.05) is 7.11 Å². The average molecular weight is 332 g/mol. The molecular formula is C17H16O7. The van der Waals surface area contributed by atoms with Crippen molar-refractivity contribution in [3.8, 4) is 5.75 Å². The maximum Gasteiger partial charge on any atom is 0.308 e. The van der Waals surface area contributed by atoms with Gasteiger partial charge in [-0.2, -0.15) is 0 Å². The maximum absolute atomic E-state index is 13.0. The zero-order valence-electron chi connectivity index (χ0n) is 13.1. The summed E-state index contributed by atoms with van der Waals surface area (Å²) in [4.78, 5) is 24.6. The fraction of sp³-hybridized carbons (Fsp3) is 0.412. The van der Waals surface area contributed by atoms with E-state index in [1.165, 1.54) is 25.3 Å². The van der Waals surface area contributed by atoms with Crippen molar-refractivity contribution < 1.29 is 34.0 Å². The molecule has 0 bridgehead atoms. The summed E-state index contributed by atoms with van der Waals surface area (Å²) < 4.78 is 16.1. The Labute approximate surface area is 137 Å². The SMILES string of the molecule is COC(=O)C[C@@H]1O[C@H](C)C2=C(O)c3c(O)cccc3C(=O)[C@@]23O[C@H]13. The molecule has 1 aliphatic carbocycles. The first-order chi connectivity index (χ1) is 11.4. The topological polar surface area (TPSA) is 106 Å².